The fourth-order valence-electron chi connectivity index (χ4n) is 1.56. The van der Waals surface area contributed by atoms with Crippen molar-refractivity contribution in [1.29, 1.82) is 0 Å². The second-order valence-corrected chi connectivity index (χ2v) is 5.88. The molecular weight excluding hydrogens is 260 g/mol. The number of anilines is 1. The zero-order chi connectivity index (χ0) is 13.8. The van der Waals surface area contributed by atoms with Crippen LogP contribution >= 0.6 is 11.3 Å². The highest BCUT2D eigenvalue weighted by Crippen LogP contribution is 2.16. The van der Waals surface area contributed by atoms with Crippen molar-refractivity contribution in [2.24, 2.45) is 0 Å². The van der Waals surface area contributed by atoms with Gasteiger partial charge in [-0.3, -0.25) is 0 Å². The van der Waals surface area contributed by atoms with E-state index in [1.807, 2.05) is 40.0 Å². The minimum atomic E-state index is 0.101. The molecule has 102 valence electrons. The molecule has 0 aliphatic heterocycles. The zero-order valence-electron chi connectivity index (χ0n) is 11.6. The number of nitrogens with zero attached hydrogens (tertiary/aromatic N) is 3. The number of hydrogen-bond acceptors (Lipinski definition) is 6. The van der Waals surface area contributed by atoms with Gasteiger partial charge in [-0.1, -0.05) is 0 Å². The maximum absolute atomic E-state index is 5.59. The van der Waals surface area contributed by atoms with E-state index in [-0.39, 0.29) is 6.10 Å². The minimum absolute atomic E-state index is 0.101. The third-order valence-corrected chi connectivity index (χ3v) is 3.17. The van der Waals surface area contributed by atoms with Gasteiger partial charge < -0.3 is 10.1 Å². The van der Waals surface area contributed by atoms with Crippen molar-refractivity contribution in [3.05, 3.63) is 27.8 Å². The summed E-state index contributed by atoms with van der Waals surface area (Å²) in [6, 6.07) is 1.83. The maximum Gasteiger partial charge on any atom is 0.226 e. The second kappa shape index (κ2) is 5.97. The number of ether oxygens (including phenoxy) is 1. The van der Waals surface area contributed by atoms with Gasteiger partial charge in [-0.25, -0.2) is 9.97 Å². The van der Waals surface area contributed by atoms with Crippen LogP contribution in [-0.2, 0) is 6.54 Å². The molecule has 0 aromatic carbocycles. The van der Waals surface area contributed by atoms with Crippen LogP contribution < -0.4 is 10.1 Å². The van der Waals surface area contributed by atoms with E-state index in [0.29, 0.717) is 18.4 Å². The molecule has 2 aromatic heterocycles. The largest absolute Gasteiger partial charge is 0.475 e. The van der Waals surface area contributed by atoms with Crippen LogP contribution in [0.25, 0.3) is 0 Å². The summed E-state index contributed by atoms with van der Waals surface area (Å²) < 4.78 is 5.59. The van der Waals surface area contributed by atoms with Crippen molar-refractivity contribution in [1.82, 2.24) is 15.0 Å². The lowest BCUT2D eigenvalue weighted by Crippen LogP contribution is -2.10. The predicted molar refractivity (Wildman–Crippen MR) is 76.7 cm³/mol. The highest BCUT2D eigenvalue weighted by Gasteiger charge is 2.06. The molecule has 5 nitrogen and oxygen atoms in total. The minimum Gasteiger partial charge on any atom is -0.475 e. The van der Waals surface area contributed by atoms with Gasteiger partial charge in [0.25, 0.3) is 0 Å². The molecule has 0 saturated carbocycles. The highest BCUT2D eigenvalue weighted by atomic mass is 32.1. The quantitative estimate of drug-likeness (QED) is 0.911. The molecule has 0 unspecified atom stereocenters. The average Bonchev–Trinajstić information content (AvgIpc) is 2.71. The lowest BCUT2D eigenvalue weighted by atomic mass is 10.4. The van der Waals surface area contributed by atoms with Crippen LogP contribution in [0.2, 0.25) is 0 Å². The fraction of sp³-hybridized carbons (Fsp3) is 0.462. The summed E-state index contributed by atoms with van der Waals surface area (Å²) in [5, 5.41) is 4.20. The molecule has 0 spiro atoms. The van der Waals surface area contributed by atoms with Gasteiger partial charge in [0.15, 0.2) is 0 Å². The first kappa shape index (κ1) is 13.7. The summed E-state index contributed by atoms with van der Waals surface area (Å²) in [5.74, 6) is 1.17. The fourth-order valence-corrected chi connectivity index (χ4v) is 2.29. The van der Waals surface area contributed by atoms with Gasteiger partial charge in [0.05, 0.1) is 12.6 Å². The molecule has 2 aromatic rings. The first-order chi connectivity index (χ1) is 9.02. The lowest BCUT2D eigenvalue weighted by Gasteiger charge is -2.10. The Hall–Kier alpha value is -1.69. The van der Waals surface area contributed by atoms with Crippen LogP contribution in [0.1, 0.15) is 29.4 Å². The van der Waals surface area contributed by atoms with Crippen LogP contribution in [0.5, 0.6) is 5.88 Å². The molecule has 2 heterocycles. The molecule has 6 heteroatoms. The third-order valence-electron chi connectivity index (χ3n) is 2.25. The van der Waals surface area contributed by atoms with E-state index >= 15 is 0 Å². The Bertz CT molecular complexity index is 553. The van der Waals surface area contributed by atoms with Gasteiger partial charge >= 0.3 is 0 Å². The topological polar surface area (TPSA) is 59.9 Å². The SMILES string of the molecule is Cc1cc(OC(C)C)nc(NCc2ncc(C)s2)n1. The number of thiazole rings is 1. The van der Waals surface area contributed by atoms with E-state index in [9.17, 15) is 0 Å². The summed E-state index contributed by atoms with van der Waals surface area (Å²) in [5.41, 5.74) is 0.878. The summed E-state index contributed by atoms with van der Waals surface area (Å²) >= 11 is 1.67. The van der Waals surface area contributed by atoms with Crippen LogP contribution in [0, 0.1) is 13.8 Å². The summed E-state index contributed by atoms with van der Waals surface area (Å²) in [7, 11) is 0. The Balaban J connectivity index is 2.05. The summed E-state index contributed by atoms with van der Waals surface area (Å²) in [6.07, 6.45) is 1.97. The van der Waals surface area contributed by atoms with Gasteiger partial charge in [0, 0.05) is 22.8 Å². The van der Waals surface area contributed by atoms with Crippen molar-refractivity contribution in [3.8, 4) is 5.88 Å². The van der Waals surface area contributed by atoms with E-state index in [1.54, 1.807) is 11.3 Å². The Morgan fingerprint density at radius 1 is 1.32 bits per heavy atom. The Morgan fingerprint density at radius 3 is 2.74 bits per heavy atom. The Kier molecular flexibility index (Phi) is 4.31. The molecule has 1 N–H and O–H groups in total. The standard InChI is InChI=1S/C13H18N4OS/c1-8(2)18-11-5-9(3)16-13(17-11)15-7-12-14-6-10(4)19-12/h5-6,8H,7H2,1-4H3,(H,15,16,17). The molecule has 0 radical (unpaired) electrons. The maximum atomic E-state index is 5.59. The monoisotopic (exact) mass is 278 g/mol. The van der Waals surface area contributed by atoms with Crippen molar-refractivity contribution in [2.45, 2.75) is 40.3 Å². The van der Waals surface area contributed by atoms with E-state index in [4.69, 9.17) is 4.74 Å². The smallest absolute Gasteiger partial charge is 0.226 e. The number of nitrogens with one attached hydrogen (secondary N) is 1. The van der Waals surface area contributed by atoms with Gasteiger partial charge in [0.2, 0.25) is 11.8 Å². The third kappa shape index (κ3) is 4.17. The summed E-state index contributed by atoms with van der Waals surface area (Å²) in [6.45, 7) is 8.54. The molecule has 0 saturated heterocycles. The van der Waals surface area contributed by atoms with Gasteiger partial charge in [0.1, 0.15) is 5.01 Å². The highest BCUT2D eigenvalue weighted by molar-refractivity contribution is 7.11. The Morgan fingerprint density at radius 2 is 2.11 bits per heavy atom. The van der Waals surface area contributed by atoms with Crippen molar-refractivity contribution in [3.63, 3.8) is 0 Å². The molecule has 2 rings (SSSR count). The predicted octanol–water partition coefficient (Wildman–Crippen LogP) is 2.95. The number of hydrogen-bond donors (Lipinski definition) is 1. The molecular formula is C13H18N4OS. The summed E-state index contributed by atoms with van der Waals surface area (Å²) in [4.78, 5) is 14.2. The van der Waals surface area contributed by atoms with E-state index in [2.05, 4.69) is 20.3 Å². The van der Waals surface area contributed by atoms with Crippen molar-refractivity contribution >= 4 is 17.3 Å². The van der Waals surface area contributed by atoms with E-state index in [0.717, 1.165) is 10.7 Å². The van der Waals surface area contributed by atoms with Crippen LogP contribution in [-0.4, -0.2) is 21.1 Å². The van der Waals surface area contributed by atoms with E-state index < -0.39 is 0 Å². The molecule has 0 fully saturated rings. The van der Waals surface area contributed by atoms with Gasteiger partial charge in [-0.15, -0.1) is 11.3 Å². The number of rotatable bonds is 5. The van der Waals surface area contributed by atoms with Crippen LogP contribution in [0.4, 0.5) is 5.95 Å². The van der Waals surface area contributed by atoms with E-state index in [1.165, 1.54) is 4.88 Å². The second-order valence-electron chi connectivity index (χ2n) is 4.56. The number of aryl methyl sites for hydroxylation is 2. The normalized spacial score (nSPS) is 10.8. The molecule has 0 bridgehead atoms. The lowest BCUT2D eigenvalue weighted by molar-refractivity contribution is 0.232. The van der Waals surface area contributed by atoms with Gasteiger partial charge in [-0.2, -0.15) is 4.98 Å². The molecule has 19 heavy (non-hydrogen) atoms. The zero-order valence-corrected chi connectivity index (χ0v) is 12.4. The van der Waals surface area contributed by atoms with Crippen molar-refractivity contribution < 1.29 is 4.74 Å². The first-order valence-corrected chi connectivity index (χ1v) is 7.02. The molecule has 0 amide bonds. The molecule has 0 atom stereocenters. The Labute approximate surface area is 117 Å². The number of aromatic nitrogens is 3. The van der Waals surface area contributed by atoms with Crippen LogP contribution in [0.15, 0.2) is 12.3 Å². The van der Waals surface area contributed by atoms with Crippen LogP contribution in [0.3, 0.4) is 0 Å². The molecule has 0 aliphatic carbocycles. The van der Waals surface area contributed by atoms with Gasteiger partial charge in [-0.05, 0) is 27.7 Å². The average molecular weight is 278 g/mol. The molecule has 0 aliphatic rings. The van der Waals surface area contributed by atoms with Crippen molar-refractivity contribution in [2.75, 3.05) is 5.32 Å². The first-order valence-electron chi connectivity index (χ1n) is 6.20.